The zero-order valence-corrected chi connectivity index (χ0v) is 11.4. The van der Waals surface area contributed by atoms with Gasteiger partial charge >= 0.3 is 0 Å². The predicted octanol–water partition coefficient (Wildman–Crippen LogP) is 2.15. The first-order valence-electron chi connectivity index (χ1n) is 6.90. The smallest absolute Gasteiger partial charge is 0.120 e. The number of likely N-dealkylation sites (tertiary alicyclic amines) is 1. The van der Waals surface area contributed by atoms with E-state index >= 15 is 0 Å². The maximum absolute atomic E-state index is 5.34. The molecule has 1 aromatic rings. The highest BCUT2D eigenvalue weighted by Crippen LogP contribution is 2.32. The number of likely N-dealkylation sites (N-methyl/N-ethyl adjacent to an activating group) is 1. The SMILES string of the molecule is COc1ccc2c(c1)N(CC1CCCN1C)CC2. The average Bonchev–Trinajstić information content (AvgIpc) is 2.97. The van der Waals surface area contributed by atoms with Crippen molar-refractivity contribution in [3.05, 3.63) is 23.8 Å². The fourth-order valence-electron chi connectivity index (χ4n) is 3.21. The number of ether oxygens (including phenoxy) is 1. The maximum Gasteiger partial charge on any atom is 0.120 e. The Morgan fingerprint density at radius 2 is 2.22 bits per heavy atom. The first-order valence-corrected chi connectivity index (χ1v) is 6.90. The summed E-state index contributed by atoms with van der Waals surface area (Å²) in [4.78, 5) is 5.03. The van der Waals surface area contributed by atoms with Gasteiger partial charge in [-0.3, -0.25) is 0 Å². The molecule has 1 unspecified atom stereocenters. The number of fused-ring (bicyclic) bond motifs is 1. The molecule has 0 aliphatic carbocycles. The number of hydrogen-bond donors (Lipinski definition) is 0. The molecule has 18 heavy (non-hydrogen) atoms. The van der Waals surface area contributed by atoms with E-state index < -0.39 is 0 Å². The Balaban J connectivity index is 1.76. The van der Waals surface area contributed by atoms with Crippen LogP contribution in [0.5, 0.6) is 5.75 Å². The lowest BCUT2D eigenvalue weighted by Gasteiger charge is -2.27. The van der Waals surface area contributed by atoms with Crippen molar-refractivity contribution < 1.29 is 4.74 Å². The minimum Gasteiger partial charge on any atom is -0.497 e. The van der Waals surface area contributed by atoms with Crippen LogP contribution >= 0.6 is 0 Å². The summed E-state index contributed by atoms with van der Waals surface area (Å²) in [5, 5.41) is 0. The van der Waals surface area contributed by atoms with E-state index in [1.54, 1.807) is 7.11 Å². The van der Waals surface area contributed by atoms with Crippen LogP contribution in [0.1, 0.15) is 18.4 Å². The van der Waals surface area contributed by atoms with Crippen molar-refractivity contribution in [2.45, 2.75) is 25.3 Å². The molecule has 98 valence electrons. The summed E-state index contributed by atoms with van der Waals surface area (Å²) in [7, 11) is 3.99. The highest BCUT2D eigenvalue weighted by molar-refractivity contribution is 5.61. The Hall–Kier alpha value is -1.22. The van der Waals surface area contributed by atoms with Crippen molar-refractivity contribution in [2.75, 3.05) is 38.7 Å². The molecule has 1 saturated heterocycles. The third kappa shape index (κ3) is 2.07. The van der Waals surface area contributed by atoms with Gasteiger partial charge in [-0.05, 0) is 44.5 Å². The largest absolute Gasteiger partial charge is 0.497 e. The van der Waals surface area contributed by atoms with Gasteiger partial charge in [-0.15, -0.1) is 0 Å². The van der Waals surface area contributed by atoms with E-state index in [1.807, 2.05) is 0 Å². The molecule has 1 atom stereocenters. The Morgan fingerprint density at radius 3 is 2.94 bits per heavy atom. The van der Waals surface area contributed by atoms with E-state index in [0.717, 1.165) is 24.9 Å². The third-order valence-corrected chi connectivity index (χ3v) is 4.39. The minimum atomic E-state index is 0.724. The van der Waals surface area contributed by atoms with Crippen molar-refractivity contribution in [1.29, 1.82) is 0 Å². The van der Waals surface area contributed by atoms with Crippen LogP contribution in [-0.2, 0) is 6.42 Å². The Labute approximate surface area is 109 Å². The summed E-state index contributed by atoms with van der Waals surface area (Å²) in [6, 6.07) is 7.20. The molecular weight excluding hydrogens is 224 g/mol. The van der Waals surface area contributed by atoms with Gasteiger partial charge in [0.1, 0.15) is 5.75 Å². The molecule has 0 bridgehead atoms. The molecule has 1 aromatic carbocycles. The molecule has 0 radical (unpaired) electrons. The number of anilines is 1. The highest BCUT2D eigenvalue weighted by Gasteiger charge is 2.27. The molecule has 0 amide bonds. The maximum atomic E-state index is 5.34. The first kappa shape index (κ1) is 11.8. The van der Waals surface area contributed by atoms with Crippen LogP contribution in [0.4, 0.5) is 5.69 Å². The lowest BCUT2D eigenvalue weighted by molar-refractivity contribution is 0.312. The molecule has 1 fully saturated rings. The van der Waals surface area contributed by atoms with Crippen molar-refractivity contribution in [3.63, 3.8) is 0 Å². The fraction of sp³-hybridized carbons (Fsp3) is 0.600. The number of benzene rings is 1. The predicted molar refractivity (Wildman–Crippen MR) is 74.6 cm³/mol. The van der Waals surface area contributed by atoms with E-state index in [9.17, 15) is 0 Å². The first-order chi connectivity index (χ1) is 8.78. The minimum absolute atomic E-state index is 0.724. The van der Waals surface area contributed by atoms with E-state index in [-0.39, 0.29) is 0 Å². The molecule has 0 aromatic heterocycles. The molecule has 0 N–H and O–H groups in total. The Morgan fingerprint density at radius 1 is 1.33 bits per heavy atom. The number of hydrogen-bond acceptors (Lipinski definition) is 3. The summed E-state index contributed by atoms with van der Waals surface area (Å²) in [5.41, 5.74) is 2.85. The van der Waals surface area contributed by atoms with E-state index in [4.69, 9.17) is 4.74 Å². The molecule has 3 nitrogen and oxygen atoms in total. The number of nitrogens with zero attached hydrogens (tertiary/aromatic N) is 2. The zero-order chi connectivity index (χ0) is 12.5. The summed E-state index contributed by atoms with van der Waals surface area (Å²) >= 11 is 0. The summed E-state index contributed by atoms with van der Waals surface area (Å²) < 4.78 is 5.34. The molecule has 3 rings (SSSR count). The highest BCUT2D eigenvalue weighted by atomic mass is 16.5. The van der Waals surface area contributed by atoms with Gasteiger partial charge in [-0.1, -0.05) is 6.07 Å². The second-order valence-electron chi connectivity index (χ2n) is 5.47. The topological polar surface area (TPSA) is 15.7 Å². The molecular formula is C15H22N2O. The summed E-state index contributed by atoms with van der Waals surface area (Å²) in [6.07, 6.45) is 3.86. The van der Waals surface area contributed by atoms with Gasteiger partial charge in [0.2, 0.25) is 0 Å². The normalized spacial score (nSPS) is 23.4. The second kappa shape index (κ2) is 4.81. The average molecular weight is 246 g/mol. The van der Waals surface area contributed by atoms with Gasteiger partial charge < -0.3 is 14.5 Å². The van der Waals surface area contributed by atoms with Crippen LogP contribution in [0.25, 0.3) is 0 Å². The quantitative estimate of drug-likeness (QED) is 0.813. The van der Waals surface area contributed by atoms with Crippen LogP contribution in [0.2, 0.25) is 0 Å². The van der Waals surface area contributed by atoms with Crippen LogP contribution in [-0.4, -0.2) is 44.7 Å². The second-order valence-corrected chi connectivity index (χ2v) is 5.47. The summed E-state index contributed by atoms with van der Waals surface area (Å²) in [6.45, 7) is 3.58. The van der Waals surface area contributed by atoms with Crippen molar-refractivity contribution in [3.8, 4) is 5.75 Å². The molecule has 0 spiro atoms. The van der Waals surface area contributed by atoms with Gasteiger partial charge in [0.25, 0.3) is 0 Å². The Bertz CT molecular complexity index is 433. The molecule has 3 heteroatoms. The molecule has 2 aliphatic heterocycles. The molecule has 0 saturated carbocycles. The lowest BCUT2D eigenvalue weighted by atomic mass is 10.1. The van der Waals surface area contributed by atoms with Crippen LogP contribution < -0.4 is 9.64 Å². The van der Waals surface area contributed by atoms with Gasteiger partial charge in [0.15, 0.2) is 0 Å². The van der Waals surface area contributed by atoms with Crippen LogP contribution in [0.3, 0.4) is 0 Å². The van der Waals surface area contributed by atoms with Gasteiger partial charge in [0, 0.05) is 30.9 Å². The monoisotopic (exact) mass is 246 g/mol. The van der Waals surface area contributed by atoms with Gasteiger partial charge in [-0.2, -0.15) is 0 Å². The fourth-order valence-corrected chi connectivity index (χ4v) is 3.21. The lowest BCUT2D eigenvalue weighted by Crippen LogP contribution is -2.37. The van der Waals surface area contributed by atoms with E-state index in [1.165, 1.54) is 37.1 Å². The van der Waals surface area contributed by atoms with Crippen molar-refractivity contribution in [1.82, 2.24) is 4.90 Å². The van der Waals surface area contributed by atoms with E-state index in [2.05, 4.69) is 35.0 Å². The number of methoxy groups -OCH3 is 1. The van der Waals surface area contributed by atoms with Gasteiger partial charge in [0.05, 0.1) is 7.11 Å². The van der Waals surface area contributed by atoms with Crippen LogP contribution in [0.15, 0.2) is 18.2 Å². The third-order valence-electron chi connectivity index (χ3n) is 4.39. The van der Waals surface area contributed by atoms with Crippen molar-refractivity contribution >= 4 is 5.69 Å². The molecule has 2 heterocycles. The van der Waals surface area contributed by atoms with Crippen molar-refractivity contribution in [2.24, 2.45) is 0 Å². The standard InChI is InChI=1S/C15H22N2O/c1-16-8-3-4-13(16)11-17-9-7-12-5-6-14(18-2)10-15(12)17/h5-6,10,13H,3-4,7-9,11H2,1-2H3. The molecule has 2 aliphatic rings. The zero-order valence-electron chi connectivity index (χ0n) is 11.4. The van der Waals surface area contributed by atoms with E-state index in [0.29, 0.717) is 0 Å². The number of rotatable bonds is 3. The van der Waals surface area contributed by atoms with Crippen LogP contribution in [0, 0.1) is 0 Å². The Kier molecular flexibility index (Phi) is 3.16. The van der Waals surface area contributed by atoms with Gasteiger partial charge in [-0.25, -0.2) is 0 Å². The summed E-state index contributed by atoms with van der Waals surface area (Å²) in [5.74, 6) is 0.973.